The average molecular weight is 496 g/mol. The highest BCUT2D eigenvalue weighted by molar-refractivity contribution is 7.09. The van der Waals surface area contributed by atoms with Crippen molar-refractivity contribution in [3.05, 3.63) is 52.0 Å². The molecule has 0 atom stereocenters. The number of methoxy groups -OCH3 is 1. The molecule has 1 fully saturated rings. The number of hydrogen-bond donors (Lipinski definition) is 1. The fourth-order valence-corrected chi connectivity index (χ4v) is 5.42. The number of benzene rings is 1. The second-order valence-electron chi connectivity index (χ2n) is 9.84. The van der Waals surface area contributed by atoms with Gasteiger partial charge in [-0.15, -0.1) is 11.3 Å². The van der Waals surface area contributed by atoms with Crippen LogP contribution in [0.25, 0.3) is 11.4 Å². The Morgan fingerprint density at radius 1 is 1.17 bits per heavy atom. The molecule has 6 nitrogen and oxygen atoms in total. The molecule has 1 N–H and O–H groups in total. The lowest BCUT2D eigenvalue weighted by molar-refractivity contribution is 0.0942. The van der Waals surface area contributed by atoms with E-state index >= 15 is 0 Å². The van der Waals surface area contributed by atoms with Gasteiger partial charge in [-0.3, -0.25) is 4.79 Å². The maximum absolute atomic E-state index is 13.1. The topological polar surface area (TPSA) is 65.4 Å². The van der Waals surface area contributed by atoms with Gasteiger partial charge in [0, 0.05) is 24.2 Å². The van der Waals surface area contributed by atoms with E-state index in [0.29, 0.717) is 18.4 Å². The van der Waals surface area contributed by atoms with Crippen LogP contribution < -0.4 is 14.8 Å². The number of rotatable bonds is 10. The molecule has 0 spiro atoms. The Kier molecular flexibility index (Phi) is 8.50. The first-order chi connectivity index (χ1) is 16.9. The lowest BCUT2D eigenvalue weighted by Gasteiger charge is -2.21. The summed E-state index contributed by atoms with van der Waals surface area (Å²) in [6.07, 6.45) is 6.33. The molecular formula is C28H37N3O3S. The van der Waals surface area contributed by atoms with Gasteiger partial charge in [0.25, 0.3) is 5.91 Å². The van der Waals surface area contributed by atoms with Crippen molar-refractivity contribution in [3.8, 4) is 22.9 Å². The summed E-state index contributed by atoms with van der Waals surface area (Å²) in [5.74, 6) is 2.66. The Hall–Kier alpha value is -2.80. The quantitative estimate of drug-likeness (QED) is 0.350. The van der Waals surface area contributed by atoms with Crippen LogP contribution in [0.2, 0.25) is 0 Å². The number of aromatic nitrogens is 2. The number of ether oxygens (including phenoxy) is 2. The van der Waals surface area contributed by atoms with Gasteiger partial charge in [-0.2, -0.15) is 0 Å². The largest absolute Gasteiger partial charge is 0.497 e. The van der Waals surface area contributed by atoms with Crippen LogP contribution in [0.3, 0.4) is 0 Å². The summed E-state index contributed by atoms with van der Waals surface area (Å²) < 4.78 is 13.4. The maximum Gasteiger partial charge on any atom is 0.253 e. The maximum atomic E-state index is 13.1. The summed E-state index contributed by atoms with van der Waals surface area (Å²) in [5.41, 5.74) is 3.63. The van der Waals surface area contributed by atoms with E-state index in [9.17, 15) is 4.79 Å². The van der Waals surface area contributed by atoms with E-state index in [-0.39, 0.29) is 5.91 Å². The minimum Gasteiger partial charge on any atom is -0.497 e. The van der Waals surface area contributed by atoms with E-state index in [0.717, 1.165) is 52.2 Å². The first kappa shape index (κ1) is 25.3. The van der Waals surface area contributed by atoms with E-state index in [2.05, 4.69) is 29.1 Å². The fraction of sp³-hybridized carbons (Fsp3) is 0.500. The lowest BCUT2D eigenvalue weighted by atomic mass is 9.89. The number of thiazole rings is 1. The third kappa shape index (κ3) is 6.45. The van der Waals surface area contributed by atoms with Gasteiger partial charge in [0.05, 0.1) is 24.1 Å². The van der Waals surface area contributed by atoms with Crippen LogP contribution in [0.5, 0.6) is 11.5 Å². The predicted molar refractivity (Wildman–Crippen MR) is 141 cm³/mol. The van der Waals surface area contributed by atoms with E-state index in [1.165, 1.54) is 32.1 Å². The first-order valence-corrected chi connectivity index (χ1v) is 13.5. The molecule has 1 aliphatic rings. The molecule has 0 saturated heterocycles. The summed E-state index contributed by atoms with van der Waals surface area (Å²) in [4.78, 5) is 18.0. The van der Waals surface area contributed by atoms with Gasteiger partial charge in [-0.05, 0) is 61.9 Å². The number of hydrogen-bond acceptors (Lipinski definition) is 5. The normalized spacial score (nSPS) is 14.3. The molecule has 35 heavy (non-hydrogen) atoms. The molecule has 2 heterocycles. The van der Waals surface area contributed by atoms with E-state index < -0.39 is 0 Å². The van der Waals surface area contributed by atoms with Crippen LogP contribution in [0.1, 0.15) is 67.0 Å². The molecule has 1 amide bonds. The molecule has 2 aromatic heterocycles. The number of carbonyl (C=O) groups excluding carboxylic acids is 1. The third-order valence-corrected chi connectivity index (χ3v) is 7.49. The Labute approximate surface area is 212 Å². The molecule has 0 bridgehead atoms. The highest BCUT2D eigenvalue weighted by Crippen LogP contribution is 2.29. The summed E-state index contributed by atoms with van der Waals surface area (Å²) in [6, 6.07) is 9.55. The van der Waals surface area contributed by atoms with Gasteiger partial charge in [0.1, 0.15) is 23.1 Å². The highest BCUT2D eigenvalue weighted by Gasteiger charge is 2.22. The Bertz CT molecular complexity index is 1110. The van der Waals surface area contributed by atoms with Crippen molar-refractivity contribution in [1.82, 2.24) is 14.9 Å². The molecular weight excluding hydrogens is 458 g/mol. The summed E-state index contributed by atoms with van der Waals surface area (Å²) >= 11 is 1.58. The Morgan fingerprint density at radius 2 is 1.89 bits per heavy atom. The van der Waals surface area contributed by atoms with E-state index in [1.807, 2.05) is 37.3 Å². The summed E-state index contributed by atoms with van der Waals surface area (Å²) in [7, 11) is 1.65. The minimum atomic E-state index is 0.0233. The zero-order valence-corrected chi connectivity index (χ0v) is 22.1. The van der Waals surface area contributed by atoms with E-state index in [1.54, 1.807) is 18.4 Å². The van der Waals surface area contributed by atoms with Gasteiger partial charge < -0.3 is 19.4 Å². The standard InChI is InChI=1S/C28H37N3O3S/c1-19(2)16-31-20(3)24(28(32)29-15-21-8-6-5-7-9-21)14-26(31)25-18-35-27(30-25)17-34-23-12-10-22(33-4)11-13-23/h10-14,18-19,21H,5-9,15-17H2,1-4H3,(H,29,32). The van der Waals surface area contributed by atoms with Crippen molar-refractivity contribution < 1.29 is 14.3 Å². The van der Waals surface area contributed by atoms with Crippen LogP contribution in [-0.4, -0.2) is 29.1 Å². The first-order valence-electron chi connectivity index (χ1n) is 12.6. The third-order valence-electron chi connectivity index (χ3n) is 6.67. The Morgan fingerprint density at radius 3 is 2.57 bits per heavy atom. The molecule has 0 radical (unpaired) electrons. The smallest absolute Gasteiger partial charge is 0.253 e. The van der Waals surface area contributed by atoms with Gasteiger partial charge in [-0.25, -0.2) is 4.98 Å². The number of nitrogens with zero attached hydrogens (tertiary/aromatic N) is 2. The van der Waals surface area contributed by atoms with Crippen molar-refractivity contribution in [2.45, 2.75) is 66.0 Å². The zero-order chi connectivity index (χ0) is 24.8. The van der Waals surface area contributed by atoms with Gasteiger partial charge in [-0.1, -0.05) is 33.1 Å². The van der Waals surface area contributed by atoms with Crippen molar-refractivity contribution in [3.63, 3.8) is 0 Å². The Balaban J connectivity index is 1.48. The number of nitrogens with one attached hydrogen (secondary N) is 1. The number of amides is 1. The predicted octanol–water partition coefficient (Wildman–Crippen LogP) is 6.47. The molecule has 188 valence electrons. The lowest BCUT2D eigenvalue weighted by Crippen LogP contribution is -2.30. The molecule has 1 saturated carbocycles. The minimum absolute atomic E-state index is 0.0233. The zero-order valence-electron chi connectivity index (χ0n) is 21.3. The molecule has 3 aromatic rings. The summed E-state index contributed by atoms with van der Waals surface area (Å²) in [5, 5.41) is 6.16. The van der Waals surface area contributed by atoms with Gasteiger partial charge >= 0.3 is 0 Å². The molecule has 1 aromatic carbocycles. The average Bonchev–Trinajstić information content (AvgIpc) is 3.46. The molecule has 1 aliphatic carbocycles. The van der Waals surface area contributed by atoms with Crippen LogP contribution in [-0.2, 0) is 13.2 Å². The monoisotopic (exact) mass is 495 g/mol. The van der Waals surface area contributed by atoms with Crippen molar-refractivity contribution in [1.29, 1.82) is 0 Å². The van der Waals surface area contributed by atoms with Gasteiger partial charge in [0.15, 0.2) is 0 Å². The van der Waals surface area contributed by atoms with Crippen LogP contribution in [0.15, 0.2) is 35.7 Å². The van der Waals surface area contributed by atoms with Crippen molar-refractivity contribution >= 4 is 17.2 Å². The molecule has 0 unspecified atom stereocenters. The molecule has 7 heteroatoms. The van der Waals surface area contributed by atoms with E-state index in [4.69, 9.17) is 14.5 Å². The SMILES string of the molecule is COc1ccc(OCc2nc(-c3cc(C(=O)NCC4CCCCC4)c(C)n3CC(C)C)cs2)cc1. The van der Waals surface area contributed by atoms with Crippen LogP contribution in [0, 0.1) is 18.8 Å². The van der Waals surface area contributed by atoms with Gasteiger partial charge in [0.2, 0.25) is 0 Å². The fourth-order valence-electron chi connectivity index (χ4n) is 4.72. The number of carbonyl (C=O) groups is 1. The highest BCUT2D eigenvalue weighted by atomic mass is 32.1. The molecule has 4 rings (SSSR count). The summed E-state index contributed by atoms with van der Waals surface area (Å²) in [6.45, 7) is 8.44. The van der Waals surface area contributed by atoms with Crippen molar-refractivity contribution in [2.24, 2.45) is 11.8 Å². The van der Waals surface area contributed by atoms with Crippen LogP contribution in [0.4, 0.5) is 0 Å². The van der Waals surface area contributed by atoms with Crippen LogP contribution >= 0.6 is 11.3 Å². The molecule has 0 aliphatic heterocycles. The second-order valence-corrected chi connectivity index (χ2v) is 10.8. The van der Waals surface area contributed by atoms with Crippen molar-refractivity contribution in [2.75, 3.05) is 13.7 Å². The second kappa shape index (κ2) is 11.8.